The second kappa shape index (κ2) is 7.97. The zero-order valence-electron chi connectivity index (χ0n) is 16.5. The van der Waals surface area contributed by atoms with Crippen LogP contribution in [0.1, 0.15) is 30.8 Å². The van der Waals surface area contributed by atoms with E-state index in [1.807, 2.05) is 24.3 Å². The third kappa shape index (κ3) is 3.83. The number of H-pyrrole nitrogens is 2. The summed E-state index contributed by atoms with van der Waals surface area (Å²) < 4.78 is 13.5. The Kier molecular flexibility index (Phi) is 5.02. The lowest BCUT2D eigenvalue weighted by atomic mass is 10.0. The lowest BCUT2D eigenvalue weighted by Crippen LogP contribution is -2.35. The number of aromatic amines is 2. The van der Waals surface area contributed by atoms with Crippen LogP contribution < -0.4 is 0 Å². The van der Waals surface area contributed by atoms with E-state index < -0.39 is 0 Å². The van der Waals surface area contributed by atoms with Crippen molar-refractivity contribution in [3.05, 3.63) is 59.8 Å². The Morgan fingerprint density at radius 1 is 1.10 bits per heavy atom. The van der Waals surface area contributed by atoms with Crippen LogP contribution in [0.4, 0.5) is 4.39 Å². The number of fused-ring (bicyclic) bond motifs is 1. The number of rotatable bonds is 4. The lowest BCUT2D eigenvalue weighted by Gasteiger charge is -2.28. The van der Waals surface area contributed by atoms with Gasteiger partial charge in [-0.3, -0.25) is 15.1 Å². The predicted molar refractivity (Wildman–Crippen MR) is 113 cm³/mol. The number of allylic oxidation sites excluding steroid dienone is 6. The van der Waals surface area contributed by atoms with Crippen LogP contribution >= 0.6 is 0 Å². The minimum absolute atomic E-state index is 0.187. The van der Waals surface area contributed by atoms with E-state index in [0.29, 0.717) is 18.8 Å². The molecular formula is C22H23FN6O. The highest BCUT2D eigenvalue weighted by Gasteiger charge is 2.19. The molecule has 8 heteroatoms. The fourth-order valence-electron chi connectivity index (χ4n) is 3.94. The molecule has 2 aliphatic rings. The standard InChI is InChI=1S/C22H23FN6O/c23-16-3-1-2-14(4-6-16)21-18-12-15(5-7-19(18)25-27-21)22-24-20(26-28-22)13-29-10-8-17(30)9-11-29/h2-7,12,17,30H,1,8-11,13H2,(H,25,27)(H,24,26,28). The van der Waals surface area contributed by atoms with Crippen LogP contribution in [0.15, 0.2) is 48.3 Å². The molecular weight excluding hydrogens is 383 g/mol. The highest BCUT2D eigenvalue weighted by molar-refractivity contribution is 5.95. The Labute approximate surface area is 173 Å². The van der Waals surface area contributed by atoms with E-state index in [0.717, 1.165) is 59.5 Å². The van der Waals surface area contributed by atoms with Crippen LogP contribution in [0, 0.1) is 0 Å². The molecule has 1 aliphatic carbocycles. The van der Waals surface area contributed by atoms with Crippen LogP contribution in [0.5, 0.6) is 0 Å². The fourth-order valence-corrected chi connectivity index (χ4v) is 3.94. The zero-order chi connectivity index (χ0) is 20.5. The first kappa shape index (κ1) is 18.9. The first-order valence-corrected chi connectivity index (χ1v) is 10.2. The maximum atomic E-state index is 13.5. The fraction of sp³-hybridized carbons (Fsp3) is 0.318. The molecule has 3 N–H and O–H groups in total. The second-order valence-electron chi connectivity index (χ2n) is 7.76. The van der Waals surface area contributed by atoms with Crippen molar-refractivity contribution in [3.8, 4) is 11.4 Å². The van der Waals surface area contributed by atoms with Gasteiger partial charge in [-0.15, -0.1) is 0 Å². The molecule has 0 bridgehead atoms. The molecule has 0 spiro atoms. The van der Waals surface area contributed by atoms with Gasteiger partial charge >= 0.3 is 0 Å². The Balaban J connectivity index is 1.40. The quantitative estimate of drug-likeness (QED) is 0.617. The SMILES string of the molecule is OC1CCN(Cc2nc(-c3ccc4[nH]nc(C5=CCC=C(F)C=C5)c4c3)n[nH]2)CC1. The van der Waals surface area contributed by atoms with Crippen LogP contribution in [-0.2, 0) is 6.54 Å². The third-order valence-electron chi connectivity index (χ3n) is 5.63. The van der Waals surface area contributed by atoms with Crippen molar-refractivity contribution in [2.45, 2.75) is 31.9 Å². The van der Waals surface area contributed by atoms with Crippen LogP contribution in [-0.4, -0.2) is 54.6 Å². The molecule has 154 valence electrons. The van der Waals surface area contributed by atoms with Gasteiger partial charge in [-0.2, -0.15) is 10.2 Å². The van der Waals surface area contributed by atoms with E-state index in [1.165, 1.54) is 6.08 Å². The molecule has 0 amide bonds. The number of benzene rings is 1. The van der Waals surface area contributed by atoms with Crippen molar-refractivity contribution in [1.82, 2.24) is 30.3 Å². The minimum Gasteiger partial charge on any atom is -0.393 e. The monoisotopic (exact) mass is 406 g/mol. The van der Waals surface area contributed by atoms with Gasteiger partial charge in [0.25, 0.3) is 0 Å². The molecule has 1 fully saturated rings. The number of likely N-dealkylation sites (tertiary alicyclic amines) is 1. The van der Waals surface area contributed by atoms with Gasteiger partial charge in [0.05, 0.1) is 23.9 Å². The highest BCUT2D eigenvalue weighted by Crippen LogP contribution is 2.29. The molecule has 5 rings (SSSR count). The summed E-state index contributed by atoms with van der Waals surface area (Å²) in [7, 11) is 0. The van der Waals surface area contributed by atoms with E-state index in [9.17, 15) is 9.50 Å². The molecule has 2 aromatic heterocycles. The number of aliphatic hydroxyl groups excluding tert-OH is 1. The summed E-state index contributed by atoms with van der Waals surface area (Å²) in [5.41, 5.74) is 3.46. The Morgan fingerprint density at radius 2 is 1.97 bits per heavy atom. The number of nitrogens with zero attached hydrogens (tertiary/aromatic N) is 4. The van der Waals surface area contributed by atoms with Gasteiger partial charge in [-0.25, -0.2) is 9.37 Å². The van der Waals surface area contributed by atoms with Crippen LogP contribution in [0.3, 0.4) is 0 Å². The Hall–Kier alpha value is -3.10. The molecule has 30 heavy (non-hydrogen) atoms. The molecule has 3 heterocycles. The summed E-state index contributed by atoms with van der Waals surface area (Å²) in [4.78, 5) is 6.93. The molecule has 7 nitrogen and oxygen atoms in total. The third-order valence-corrected chi connectivity index (χ3v) is 5.63. The maximum Gasteiger partial charge on any atom is 0.181 e. The number of nitrogens with one attached hydrogen (secondary N) is 2. The number of hydrogen-bond donors (Lipinski definition) is 3. The number of hydrogen-bond acceptors (Lipinski definition) is 5. The van der Waals surface area contributed by atoms with E-state index in [1.54, 1.807) is 12.2 Å². The van der Waals surface area contributed by atoms with E-state index >= 15 is 0 Å². The van der Waals surface area contributed by atoms with Gasteiger partial charge in [0.1, 0.15) is 11.7 Å². The van der Waals surface area contributed by atoms with Gasteiger partial charge in [0.2, 0.25) is 0 Å². The highest BCUT2D eigenvalue weighted by atomic mass is 19.1. The first-order chi connectivity index (χ1) is 14.7. The summed E-state index contributed by atoms with van der Waals surface area (Å²) in [6.07, 6.45) is 8.66. The van der Waals surface area contributed by atoms with Crippen LogP contribution in [0.25, 0.3) is 27.9 Å². The van der Waals surface area contributed by atoms with E-state index in [4.69, 9.17) is 0 Å². The van der Waals surface area contributed by atoms with Gasteiger partial charge in [-0.1, -0.05) is 12.2 Å². The molecule has 1 saturated heterocycles. The zero-order valence-corrected chi connectivity index (χ0v) is 16.5. The molecule has 0 radical (unpaired) electrons. The molecule has 1 aromatic carbocycles. The van der Waals surface area contributed by atoms with E-state index in [-0.39, 0.29) is 11.9 Å². The van der Waals surface area contributed by atoms with Gasteiger partial charge < -0.3 is 5.11 Å². The van der Waals surface area contributed by atoms with Gasteiger partial charge in [0.15, 0.2) is 5.82 Å². The van der Waals surface area contributed by atoms with E-state index in [2.05, 4.69) is 30.3 Å². The predicted octanol–water partition coefficient (Wildman–Crippen LogP) is 3.50. The smallest absolute Gasteiger partial charge is 0.181 e. The van der Waals surface area contributed by atoms with Crippen molar-refractivity contribution in [1.29, 1.82) is 0 Å². The average molecular weight is 406 g/mol. The van der Waals surface area contributed by atoms with Crippen molar-refractivity contribution in [2.75, 3.05) is 13.1 Å². The summed E-state index contributed by atoms with van der Waals surface area (Å²) in [5, 5.41) is 25.5. The number of halogens is 1. The number of aliphatic hydroxyl groups is 1. The first-order valence-electron chi connectivity index (χ1n) is 10.2. The van der Waals surface area contributed by atoms with Gasteiger partial charge in [-0.05, 0) is 55.2 Å². The number of piperidine rings is 1. The largest absolute Gasteiger partial charge is 0.393 e. The molecule has 0 unspecified atom stereocenters. The topological polar surface area (TPSA) is 93.7 Å². The second-order valence-corrected chi connectivity index (χ2v) is 7.76. The summed E-state index contributed by atoms with van der Waals surface area (Å²) in [6, 6.07) is 5.94. The van der Waals surface area contributed by atoms with Crippen molar-refractivity contribution in [3.63, 3.8) is 0 Å². The Morgan fingerprint density at radius 3 is 2.83 bits per heavy atom. The molecule has 1 aliphatic heterocycles. The summed E-state index contributed by atoms with van der Waals surface area (Å²) in [5.74, 6) is 1.21. The minimum atomic E-state index is -0.238. The Bertz CT molecular complexity index is 1150. The van der Waals surface area contributed by atoms with Crippen molar-refractivity contribution in [2.24, 2.45) is 0 Å². The molecule has 0 atom stereocenters. The molecule has 3 aromatic rings. The van der Waals surface area contributed by atoms with Crippen LogP contribution in [0.2, 0.25) is 0 Å². The van der Waals surface area contributed by atoms with Gasteiger partial charge in [0, 0.05) is 24.0 Å². The summed E-state index contributed by atoms with van der Waals surface area (Å²) >= 11 is 0. The number of aromatic nitrogens is 5. The maximum absolute atomic E-state index is 13.5. The van der Waals surface area contributed by atoms with Crippen molar-refractivity contribution < 1.29 is 9.50 Å². The summed E-state index contributed by atoms with van der Waals surface area (Å²) in [6.45, 7) is 2.41. The van der Waals surface area contributed by atoms with Crippen molar-refractivity contribution >= 4 is 16.5 Å². The molecule has 0 saturated carbocycles. The average Bonchev–Trinajstić information content (AvgIpc) is 3.33. The normalized spacial score (nSPS) is 18.5. The lowest BCUT2D eigenvalue weighted by molar-refractivity contribution is 0.0781.